The molecule has 0 radical (unpaired) electrons. The number of halogens is 1. The second kappa shape index (κ2) is 10.8. The molecule has 37 heavy (non-hydrogen) atoms. The number of pyridine rings is 1. The van der Waals surface area contributed by atoms with E-state index in [4.69, 9.17) is 22.1 Å². The molecule has 0 bridgehead atoms. The van der Waals surface area contributed by atoms with Gasteiger partial charge in [-0.2, -0.15) is 0 Å². The first-order valence-corrected chi connectivity index (χ1v) is 13.0. The van der Waals surface area contributed by atoms with Gasteiger partial charge in [-0.15, -0.1) is 11.3 Å². The van der Waals surface area contributed by atoms with Crippen LogP contribution in [0.4, 0.5) is 21.9 Å². The Bertz CT molecular complexity index is 1320. The minimum absolute atomic E-state index is 0.0498. The summed E-state index contributed by atoms with van der Waals surface area (Å²) in [6, 6.07) is 13.9. The molecule has 3 amide bonds. The van der Waals surface area contributed by atoms with E-state index in [1.54, 1.807) is 42.6 Å². The number of ether oxygens (including phenoxy) is 1. The average molecular weight is 541 g/mol. The van der Waals surface area contributed by atoms with Gasteiger partial charge in [0.15, 0.2) is 0 Å². The third kappa shape index (κ3) is 5.68. The van der Waals surface area contributed by atoms with Crippen LogP contribution >= 0.6 is 22.9 Å². The number of nitrogens with two attached hydrogens (primary N) is 1. The van der Waals surface area contributed by atoms with Crippen molar-refractivity contribution in [2.24, 2.45) is 5.73 Å². The normalized spacial score (nSPS) is 19.1. The monoisotopic (exact) mass is 540 g/mol. The van der Waals surface area contributed by atoms with Crippen molar-refractivity contribution in [3.63, 3.8) is 0 Å². The molecule has 0 spiro atoms. The Labute approximate surface area is 222 Å². The third-order valence-corrected chi connectivity index (χ3v) is 7.39. The van der Waals surface area contributed by atoms with Gasteiger partial charge in [0.2, 0.25) is 0 Å². The summed E-state index contributed by atoms with van der Waals surface area (Å²) < 4.78 is 6.00. The second-order valence-corrected chi connectivity index (χ2v) is 10.5. The van der Waals surface area contributed by atoms with Gasteiger partial charge in [-0.25, -0.2) is 4.79 Å². The molecule has 4 heterocycles. The lowest BCUT2D eigenvalue weighted by Crippen LogP contribution is -2.34. The Morgan fingerprint density at radius 1 is 1.16 bits per heavy atom. The summed E-state index contributed by atoms with van der Waals surface area (Å²) in [7, 11) is 0. The minimum Gasteiger partial charge on any atom is -0.442 e. The largest absolute Gasteiger partial charge is 0.442 e. The number of hydrogen-bond acceptors (Lipinski definition) is 8. The number of nitrogens with zero attached hydrogens (tertiary/aromatic N) is 3. The maximum atomic E-state index is 12.9. The summed E-state index contributed by atoms with van der Waals surface area (Å²) in [5.41, 5.74) is 8.31. The van der Waals surface area contributed by atoms with Crippen molar-refractivity contribution in [3.05, 3.63) is 69.6 Å². The average Bonchev–Trinajstić information content (AvgIpc) is 3.63. The number of hydrogen-bond donors (Lipinski definition) is 3. The van der Waals surface area contributed by atoms with E-state index in [-0.39, 0.29) is 36.6 Å². The molecule has 1 unspecified atom stereocenters. The number of rotatable bonds is 7. The topological polar surface area (TPSA) is 130 Å². The van der Waals surface area contributed by atoms with Gasteiger partial charge in [0.1, 0.15) is 11.8 Å². The SMILES string of the molecule is NC1CCN(c2ccc(N3C[C@H](CNC(=O)c4ccc(Cl)s4)OC3=O)cc2NC(=O)c2ccccn2)C1. The molecule has 1 aromatic carbocycles. The first kappa shape index (κ1) is 25.0. The molecule has 192 valence electrons. The maximum Gasteiger partial charge on any atom is 0.414 e. The van der Waals surface area contributed by atoms with Gasteiger partial charge >= 0.3 is 6.09 Å². The highest BCUT2D eigenvalue weighted by Crippen LogP contribution is 2.34. The number of benzene rings is 1. The van der Waals surface area contributed by atoms with Gasteiger partial charge in [0.25, 0.3) is 11.8 Å². The highest BCUT2D eigenvalue weighted by molar-refractivity contribution is 7.18. The fraction of sp³-hybridized carbons (Fsp3) is 0.280. The Balaban J connectivity index is 1.32. The zero-order chi connectivity index (χ0) is 25.9. The zero-order valence-electron chi connectivity index (χ0n) is 19.7. The molecule has 0 aliphatic carbocycles. The zero-order valence-corrected chi connectivity index (χ0v) is 21.3. The molecule has 4 N–H and O–H groups in total. The molecular weight excluding hydrogens is 516 g/mol. The lowest BCUT2D eigenvalue weighted by atomic mass is 10.2. The molecule has 2 saturated heterocycles. The van der Waals surface area contributed by atoms with E-state index in [1.165, 1.54) is 16.2 Å². The molecule has 2 atom stereocenters. The predicted molar refractivity (Wildman–Crippen MR) is 143 cm³/mol. The maximum absolute atomic E-state index is 12.9. The van der Waals surface area contributed by atoms with Crippen LogP contribution in [0.3, 0.4) is 0 Å². The number of nitrogens with one attached hydrogen (secondary N) is 2. The van der Waals surface area contributed by atoms with Gasteiger partial charge in [0, 0.05) is 31.0 Å². The van der Waals surface area contributed by atoms with E-state index in [0.29, 0.717) is 27.1 Å². The van der Waals surface area contributed by atoms with Crippen LogP contribution < -0.4 is 26.2 Å². The van der Waals surface area contributed by atoms with Crippen LogP contribution in [-0.2, 0) is 4.74 Å². The van der Waals surface area contributed by atoms with Crippen molar-refractivity contribution in [3.8, 4) is 0 Å². The molecule has 2 aliphatic heterocycles. The summed E-state index contributed by atoms with van der Waals surface area (Å²) >= 11 is 7.08. The highest BCUT2D eigenvalue weighted by atomic mass is 35.5. The molecule has 12 heteroatoms. The summed E-state index contributed by atoms with van der Waals surface area (Å²) in [5, 5.41) is 5.72. The first-order valence-electron chi connectivity index (χ1n) is 11.8. The summed E-state index contributed by atoms with van der Waals surface area (Å²) in [6.45, 7) is 1.82. The smallest absolute Gasteiger partial charge is 0.414 e. The highest BCUT2D eigenvalue weighted by Gasteiger charge is 2.33. The van der Waals surface area contributed by atoms with Crippen LogP contribution in [0.15, 0.2) is 54.7 Å². The van der Waals surface area contributed by atoms with Gasteiger partial charge in [-0.05, 0) is 48.9 Å². The number of anilines is 3. The fourth-order valence-electron chi connectivity index (χ4n) is 4.33. The first-order chi connectivity index (χ1) is 17.9. The van der Waals surface area contributed by atoms with E-state index < -0.39 is 12.2 Å². The number of carbonyl (C=O) groups is 3. The summed E-state index contributed by atoms with van der Waals surface area (Å²) in [4.78, 5) is 46.1. The number of carbonyl (C=O) groups excluding carboxylic acids is 3. The van der Waals surface area contributed by atoms with E-state index in [9.17, 15) is 14.4 Å². The number of aromatic nitrogens is 1. The van der Waals surface area contributed by atoms with Gasteiger partial charge in [0.05, 0.1) is 33.7 Å². The molecule has 3 aromatic rings. The van der Waals surface area contributed by atoms with Crippen molar-refractivity contribution >= 4 is 57.9 Å². The van der Waals surface area contributed by atoms with Crippen molar-refractivity contribution in [2.75, 3.05) is 41.3 Å². The third-order valence-electron chi connectivity index (χ3n) is 6.16. The Morgan fingerprint density at radius 3 is 2.73 bits per heavy atom. The van der Waals surface area contributed by atoms with Crippen molar-refractivity contribution in [1.82, 2.24) is 10.3 Å². The van der Waals surface area contributed by atoms with Crippen LogP contribution in [0.2, 0.25) is 4.34 Å². The minimum atomic E-state index is -0.533. The number of thiophene rings is 1. The Kier molecular flexibility index (Phi) is 7.26. The van der Waals surface area contributed by atoms with Crippen molar-refractivity contribution < 1.29 is 19.1 Å². The second-order valence-electron chi connectivity index (χ2n) is 8.80. The van der Waals surface area contributed by atoms with Crippen molar-refractivity contribution in [1.29, 1.82) is 0 Å². The van der Waals surface area contributed by atoms with Crippen LogP contribution in [-0.4, -0.2) is 61.2 Å². The summed E-state index contributed by atoms with van der Waals surface area (Å²) in [6.07, 6.45) is 1.34. The number of amides is 3. The summed E-state index contributed by atoms with van der Waals surface area (Å²) in [5.74, 6) is -0.639. The molecular formula is C25H25ClN6O4S. The van der Waals surface area contributed by atoms with Crippen molar-refractivity contribution in [2.45, 2.75) is 18.6 Å². The van der Waals surface area contributed by atoms with Gasteiger partial charge < -0.3 is 26.0 Å². The van der Waals surface area contributed by atoms with E-state index in [1.807, 2.05) is 12.1 Å². The number of cyclic esters (lactones) is 1. The molecule has 2 fully saturated rings. The van der Waals surface area contributed by atoms with Crippen LogP contribution in [0.25, 0.3) is 0 Å². The predicted octanol–water partition coefficient (Wildman–Crippen LogP) is 3.34. The molecule has 5 rings (SSSR count). The molecule has 0 saturated carbocycles. The van der Waals surface area contributed by atoms with Crippen LogP contribution in [0.5, 0.6) is 0 Å². The van der Waals surface area contributed by atoms with Gasteiger partial charge in [-0.1, -0.05) is 17.7 Å². The van der Waals surface area contributed by atoms with Gasteiger partial charge in [-0.3, -0.25) is 19.5 Å². The fourth-order valence-corrected chi connectivity index (χ4v) is 5.29. The van der Waals surface area contributed by atoms with E-state index in [2.05, 4.69) is 20.5 Å². The Morgan fingerprint density at radius 2 is 2.03 bits per heavy atom. The van der Waals surface area contributed by atoms with Crippen LogP contribution in [0.1, 0.15) is 26.6 Å². The molecule has 2 aliphatic rings. The van der Waals surface area contributed by atoms with E-state index in [0.717, 1.165) is 18.7 Å². The molecule has 10 nitrogen and oxygen atoms in total. The van der Waals surface area contributed by atoms with E-state index >= 15 is 0 Å². The Hall–Kier alpha value is -3.67. The van der Waals surface area contributed by atoms with Crippen LogP contribution in [0, 0.1) is 0 Å². The lowest BCUT2D eigenvalue weighted by Gasteiger charge is -2.24. The standard InChI is InChI=1S/C25H25ClN6O4S/c26-22-7-6-21(37-22)24(34)29-12-17-14-32(25(35)36-17)16-4-5-20(31-10-8-15(27)13-31)19(11-16)30-23(33)18-3-1-2-9-28-18/h1-7,9,11,15,17H,8,10,12-14,27H2,(H,29,34)(H,30,33)/t15?,17-/m0/s1. The quantitative estimate of drug-likeness (QED) is 0.419. The molecule has 2 aromatic heterocycles. The lowest BCUT2D eigenvalue weighted by molar-refractivity contribution is 0.0919.